The van der Waals surface area contributed by atoms with Crippen molar-refractivity contribution in [1.82, 2.24) is 19.9 Å². The minimum atomic E-state index is -0.273. The second-order valence-electron chi connectivity index (χ2n) is 6.47. The lowest BCUT2D eigenvalue weighted by Crippen LogP contribution is -2.09. The van der Waals surface area contributed by atoms with Crippen LogP contribution in [0.15, 0.2) is 71.3 Å². The summed E-state index contributed by atoms with van der Waals surface area (Å²) in [6.07, 6.45) is 6.14. The summed E-state index contributed by atoms with van der Waals surface area (Å²) in [6, 6.07) is 12.7. The molecular weight excluding hydrogens is 543 g/mol. The highest BCUT2D eigenvalue weighted by atomic mass is 127. The van der Waals surface area contributed by atoms with Crippen LogP contribution < -0.4 is 15.4 Å². The maximum atomic E-state index is 11.8. The number of anilines is 3. The summed E-state index contributed by atoms with van der Waals surface area (Å²) >= 11 is 8.39. The molecule has 0 fully saturated rings. The number of ether oxygens (including phenoxy) is 1. The first kappa shape index (κ1) is 21.9. The van der Waals surface area contributed by atoms with Crippen LogP contribution >= 0.6 is 34.2 Å². The summed E-state index contributed by atoms with van der Waals surface area (Å²) in [5, 5.41) is 7.08. The molecule has 0 spiro atoms. The molecule has 0 bridgehead atoms. The van der Waals surface area contributed by atoms with Gasteiger partial charge in [0.2, 0.25) is 5.91 Å². The van der Waals surface area contributed by atoms with E-state index in [2.05, 4.69) is 30.6 Å². The molecule has 8 nitrogen and oxygen atoms in total. The normalized spacial score (nSPS) is 10.9. The molecule has 0 saturated carbocycles. The first-order valence-electron chi connectivity index (χ1n) is 9.40. The van der Waals surface area contributed by atoms with Crippen LogP contribution in [0.1, 0.15) is 5.69 Å². The molecule has 4 rings (SSSR count). The van der Waals surface area contributed by atoms with Gasteiger partial charge < -0.3 is 15.4 Å². The molecule has 10 heteroatoms. The van der Waals surface area contributed by atoms with E-state index < -0.39 is 0 Å². The molecule has 0 aliphatic carbocycles. The van der Waals surface area contributed by atoms with Crippen molar-refractivity contribution in [2.45, 2.75) is 6.61 Å². The minimum absolute atomic E-state index is 0.273. The van der Waals surface area contributed by atoms with Gasteiger partial charge in [0.1, 0.15) is 30.3 Å². The van der Waals surface area contributed by atoms with E-state index in [1.165, 1.54) is 12.4 Å². The summed E-state index contributed by atoms with van der Waals surface area (Å²) in [5.74, 6) is 1.22. The summed E-state index contributed by atoms with van der Waals surface area (Å²) in [4.78, 5) is 28.8. The van der Waals surface area contributed by atoms with Crippen LogP contribution in [-0.2, 0) is 11.4 Å². The number of fused-ring (bicyclic) bond motifs is 1. The van der Waals surface area contributed by atoms with E-state index in [4.69, 9.17) is 16.3 Å². The highest BCUT2D eigenvalue weighted by Crippen LogP contribution is 2.31. The van der Waals surface area contributed by atoms with Gasteiger partial charge in [0.05, 0.1) is 22.4 Å². The van der Waals surface area contributed by atoms with Gasteiger partial charge in [0.25, 0.3) is 0 Å². The first-order chi connectivity index (χ1) is 15.6. The molecule has 32 heavy (non-hydrogen) atoms. The van der Waals surface area contributed by atoms with E-state index in [0.29, 0.717) is 39.9 Å². The lowest BCUT2D eigenvalue weighted by molar-refractivity contribution is -0.111. The Morgan fingerprint density at radius 3 is 2.81 bits per heavy atom. The molecule has 160 valence electrons. The van der Waals surface area contributed by atoms with Gasteiger partial charge in [-0.25, -0.2) is 15.0 Å². The standard InChI is InChI=1S/C22H16ClIN6O2/c23-17-9-14(4-5-19(17)32-12-15-3-1-2-8-25-15)29-22-16-10-20(30-21(31)6-7-24)26-11-18(16)27-13-28-22/h1-11,13H,12H2,(H,26,30,31)(H,27,28,29)/b7-6+. The fraction of sp³-hybridized carbons (Fsp3) is 0.0455. The predicted octanol–water partition coefficient (Wildman–Crippen LogP) is 5.28. The van der Waals surface area contributed by atoms with Crippen molar-refractivity contribution >= 4 is 68.3 Å². The number of halogens is 2. The maximum Gasteiger partial charge on any atom is 0.249 e. The Morgan fingerprint density at radius 1 is 1.12 bits per heavy atom. The Kier molecular flexibility index (Phi) is 7.07. The van der Waals surface area contributed by atoms with Crippen molar-refractivity contribution in [3.05, 3.63) is 82.1 Å². The highest BCUT2D eigenvalue weighted by Gasteiger charge is 2.10. The molecule has 3 aromatic heterocycles. The molecule has 0 saturated heterocycles. The van der Waals surface area contributed by atoms with Crippen LogP contribution in [0.3, 0.4) is 0 Å². The Labute approximate surface area is 202 Å². The van der Waals surface area contributed by atoms with E-state index in [1.807, 2.05) is 46.9 Å². The number of carbonyl (C=O) groups is 1. The third kappa shape index (κ3) is 5.48. The molecule has 4 aromatic rings. The molecule has 2 N–H and O–H groups in total. The maximum absolute atomic E-state index is 11.8. The van der Waals surface area contributed by atoms with Gasteiger partial charge in [-0.2, -0.15) is 0 Å². The van der Waals surface area contributed by atoms with Gasteiger partial charge in [0, 0.05) is 23.3 Å². The smallest absolute Gasteiger partial charge is 0.249 e. The van der Waals surface area contributed by atoms with Gasteiger partial charge in [-0.15, -0.1) is 0 Å². The first-order valence-corrected chi connectivity index (χ1v) is 11.0. The van der Waals surface area contributed by atoms with Crippen molar-refractivity contribution in [3.8, 4) is 5.75 Å². The lowest BCUT2D eigenvalue weighted by Gasteiger charge is -2.12. The Morgan fingerprint density at radius 2 is 2.03 bits per heavy atom. The van der Waals surface area contributed by atoms with Crippen LogP contribution in [-0.4, -0.2) is 25.8 Å². The topological polar surface area (TPSA) is 102 Å². The van der Waals surface area contributed by atoms with Crippen molar-refractivity contribution in [1.29, 1.82) is 0 Å². The van der Waals surface area contributed by atoms with Crippen LogP contribution in [0.4, 0.5) is 17.3 Å². The van der Waals surface area contributed by atoms with E-state index >= 15 is 0 Å². The minimum Gasteiger partial charge on any atom is -0.486 e. The number of hydrogen-bond donors (Lipinski definition) is 2. The number of nitrogens with one attached hydrogen (secondary N) is 2. The molecule has 0 radical (unpaired) electrons. The van der Waals surface area contributed by atoms with Gasteiger partial charge in [0.15, 0.2) is 0 Å². The van der Waals surface area contributed by atoms with Crippen molar-refractivity contribution in [3.63, 3.8) is 0 Å². The van der Waals surface area contributed by atoms with E-state index in [-0.39, 0.29) is 5.91 Å². The number of aromatic nitrogens is 4. The second kappa shape index (κ2) is 10.3. The van der Waals surface area contributed by atoms with E-state index in [9.17, 15) is 4.79 Å². The number of rotatable bonds is 7. The van der Waals surface area contributed by atoms with Crippen LogP contribution in [0.25, 0.3) is 10.9 Å². The molecule has 1 aromatic carbocycles. The number of pyridine rings is 2. The van der Waals surface area contributed by atoms with Crippen LogP contribution in [0.2, 0.25) is 5.02 Å². The number of amides is 1. The largest absolute Gasteiger partial charge is 0.486 e. The third-order valence-corrected chi connectivity index (χ3v) is 4.94. The van der Waals surface area contributed by atoms with E-state index in [0.717, 1.165) is 11.4 Å². The fourth-order valence-corrected chi connectivity index (χ4v) is 3.38. The molecule has 0 unspecified atom stereocenters. The van der Waals surface area contributed by atoms with Gasteiger partial charge in [-0.3, -0.25) is 9.78 Å². The summed E-state index contributed by atoms with van der Waals surface area (Å²) in [6.45, 7) is 0.318. The van der Waals surface area contributed by atoms with Crippen molar-refractivity contribution in [2.24, 2.45) is 0 Å². The Hall–Kier alpha value is -3.31. The number of carbonyl (C=O) groups excluding carboxylic acids is 1. The molecule has 1 amide bonds. The summed E-state index contributed by atoms with van der Waals surface area (Å²) in [7, 11) is 0. The molecule has 0 aliphatic heterocycles. The number of nitrogens with zero attached hydrogens (tertiary/aromatic N) is 4. The van der Waals surface area contributed by atoms with Gasteiger partial charge in [-0.1, -0.05) is 40.3 Å². The Balaban J connectivity index is 1.53. The number of benzene rings is 1. The molecule has 0 atom stereocenters. The van der Waals surface area contributed by atoms with Crippen molar-refractivity contribution in [2.75, 3.05) is 10.6 Å². The fourth-order valence-electron chi connectivity index (χ4n) is 2.82. The van der Waals surface area contributed by atoms with Crippen LogP contribution in [0.5, 0.6) is 5.75 Å². The lowest BCUT2D eigenvalue weighted by atomic mass is 10.2. The van der Waals surface area contributed by atoms with Crippen molar-refractivity contribution < 1.29 is 9.53 Å². The zero-order chi connectivity index (χ0) is 22.3. The molecule has 0 aliphatic rings. The average Bonchev–Trinajstić information content (AvgIpc) is 2.80. The quantitative estimate of drug-likeness (QED) is 0.235. The van der Waals surface area contributed by atoms with Crippen LogP contribution in [0, 0.1) is 0 Å². The second-order valence-corrected chi connectivity index (χ2v) is 7.60. The highest BCUT2D eigenvalue weighted by molar-refractivity contribution is 14.1. The van der Waals surface area contributed by atoms with E-state index in [1.54, 1.807) is 34.7 Å². The van der Waals surface area contributed by atoms with Gasteiger partial charge >= 0.3 is 0 Å². The zero-order valence-electron chi connectivity index (χ0n) is 16.5. The van der Waals surface area contributed by atoms with Gasteiger partial charge in [-0.05, 0) is 40.5 Å². The summed E-state index contributed by atoms with van der Waals surface area (Å²) in [5.41, 5.74) is 2.16. The third-order valence-electron chi connectivity index (χ3n) is 4.28. The Bertz CT molecular complexity index is 1290. The SMILES string of the molecule is O=C(/C=C/I)Nc1cc2c(Nc3ccc(OCc4ccccn4)c(Cl)c3)ncnc2cn1. The zero-order valence-corrected chi connectivity index (χ0v) is 19.4. The molecule has 3 heterocycles. The number of hydrogen-bond acceptors (Lipinski definition) is 7. The molecular formula is C22H16ClIN6O2. The monoisotopic (exact) mass is 558 g/mol. The average molecular weight is 559 g/mol. The summed E-state index contributed by atoms with van der Waals surface area (Å²) < 4.78 is 7.39. The predicted molar refractivity (Wildman–Crippen MR) is 132 cm³/mol.